The molecule has 1 aromatic heterocycles. The van der Waals surface area contributed by atoms with Gasteiger partial charge < -0.3 is 14.1 Å². The highest BCUT2D eigenvalue weighted by Crippen LogP contribution is 2.24. The average molecular weight is 380 g/mol. The molecular formula is C19H22F2N2O4. The second kappa shape index (κ2) is 8.28. The molecule has 6 nitrogen and oxygen atoms in total. The number of benzene rings is 1. The number of hydrogen-bond acceptors (Lipinski definition) is 5. The molecule has 0 aliphatic rings. The van der Waals surface area contributed by atoms with Gasteiger partial charge in [-0.2, -0.15) is 0 Å². The second-order valence-electron chi connectivity index (χ2n) is 7.08. The molecule has 2 aromatic rings. The number of hydrogen-bond donors (Lipinski definition) is 0. The number of esters is 1. The van der Waals surface area contributed by atoms with Crippen LogP contribution in [0.5, 0.6) is 0 Å². The average Bonchev–Trinajstić information content (AvgIpc) is 2.99. The Morgan fingerprint density at radius 2 is 1.96 bits per heavy atom. The van der Waals surface area contributed by atoms with Crippen molar-refractivity contribution in [2.75, 3.05) is 13.6 Å². The molecule has 0 atom stereocenters. The lowest BCUT2D eigenvalue weighted by molar-refractivity contribution is -0.158. The van der Waals surface area contributed by atoms with E-state index in [1.54, 1.807) is 20.8 Å². The maximum absolute atomic E-state index is 13.8. The van der Waals surface area contributed by atoms with Gasteiger partial charge in [0.2, 0.25) is 5.91 Å². The van der Waals surface area contributed by atoms with Crippen LogP contribution in [0.1, 0.15) is 33.1 Å². The molecule has 2 rings (SSSR count). The van der Waals surface area contributed by atoms with Crippen molar-refractivity contribution in [2.45, 2.75) is 39.2 Å². The zero-order valence-electron chi connectivity index (χ0n) is 15.7. The lowest BCUT2D eigenvalue weighted by atomic mass is 10.2. The Morgan fingerprint density at radius 1 is 1.26 bits per heavy atom. The topological polar surface area (TPSA) is 72.6 Å². The largest absolute Gasteiger partial charge is 0.459 e. The number of nitrogens with zero attached hydrogens (tertiary/aromatic N) is 2. The van der Waals surface area contributed by atoms with Gasteiger partial charge >= 0.3 is 5.97 Å². The fraction of sp³-hybridized carbons (Fsp3) is 0.421. The van der Waals surface area contributed by atoms with E-state index in [1.807, 2.05) is 0 Å². The molecule has 0 bridgehead atoms. The summed E-state index contributed by atoms with van der Waals surface area (Å²) >= 11 is 0. The van der Waals surface area contributed by atoms with E-state index in [-0.39, 0.29) is 42.5 Å². The summed E-state index contributed by atoms with van der Waals surface area (Å²) in [6, 6.07) is 3.14. The second-order valence-corrected chi connectivity index (χ2v) is 7.08. The first kappa shape index (κ1) is 20.5. The van der Waals surface area contributed by atoms with Crippen molar-refractivity contribution in [1.82, 2.24) is 9.88 Å². The van der Waals surface area contributed by atoms with Crippen LogP contribution in [-0.4, -0.2) is 41.0 Å². The van der Waals surface area contributed by atoms with Gasteiger partial charge in [-0.25, -0.2) is 13.8 Å². The molecule has 0 spiro atoms. The van der Waals surface area contributed by atoms with Gasteiger partial charge in [-0.15, -0.1) is 0 Å². The molecule has 146 valence electrons. The Kier molecular flexibility index (Phi) is 6.30. The van der Waals surface area contributed by atoms with E-state index < -0.39 is 23.2 Å². The molecule has 0 aliphatic carbocycles. The van der Waals surface area contributed by atoms with Crippen molar-refractivity contribution in [3.8, 4) is 11.3 Å². The Bertz CT molecular complexity index is 827. The van der Waals surface area contributed by atoms with E-state index in [2.05, 4.69) is 4.98 Å². The maximum atomic E-state index is 13.8. The Labute approximate surface area is 156 Å². The number of ether oxygens (including phenoxy) is 1. The number of carbonyl (C=O) groups is 2. The lowest BCUT2D eigenvalue weighted by Gasteiger charge is -2.22. The van der Waals surface area contributed by atoms with Crippen LogP contribution in [-0.2, 0) is 20.7 Å². The van der Waals surface area contributed by atoms with Crippen LogP contribution >= 0.6 is 0 Å². The van der Waals surface area contributed by atoms with Crippen LogP contribution in [0, 0.1) is 11.6 Å². The molecule has 8 heteroatoms. The smallest absolute Gasteiger partial charge is 0.326 e. The summed E-state index contributed by atoms with van der Waals surface area (Å²) < 4.78 is 37.3. The number of aryl methyl sites for hydroxylation is 1. The van der Waals surface area contributed by atoms with Crippen molar-refractivity contribution in [3.05, 3.63) is 41.9 Å². The molecule has 0 fully saturated rings. The number of likely N-dealkylation sites (N-methyl/N-ethyl adjacent to an activating group) is 1. The third-order valence-corrected chi connectivity index (χ3v) is 3.51. The molecule has 27 heavy (non-hydrogen) atoms. The highest BCUT2D eigenvalue weighted by Gasteiger charge is 2.20. The zero-order chi connectivity index (χ0) is 20.2. The Morgan fingerprint density at radius 3 is 2.59 bits per heavy atom. The van der Waals surface area contributed by atoms with Crippen LogP contribution in [0.25, 0.3) is 11.3 Å². The van der Waals surface area contributed by atoms with Gasteiger partial charge in [0.1, 0.15) is 23.8 Å². The lowest BCUT2D eigenvalue weighted by Crippen LogP contribution is -2.36. The predicted octanol–water partition coefficient (Wildman–Crippen LogP) is 3.35. The van der Waals surface area contributed by atoms with Crippen LogP contribution < -0.4 is 0 Å². The number of oxazole rings is 1. The van der Waals surface area contributed by atoms with Gasteiger partial charge in [0.25, 0.3) is 0 Å². The number of amides is 1. The minimum absolute atomic E-state index is 0.0607. The normalized spacial score (nSPS) is 11.3. The Hall–Kier alpha value is -2.77. The molecule has 0 saturated carbocycles. The predicted molar refractivity (Wildman–Crippen MR) is 93.7 cm³/mol. The first-order chi connectivity index (χ1) is 12.5. The Balaban J connectivity index is 1.90. The summed E-state index contributed by atoms with van der Waals surface area (Å²) in [5, 5.41) is 0. The van der Waals surface area contributed by atoms with Gasteiger partial charge in [-0.3, -0.25) is 9.59 Å². The monoisotopic (exact) mass is 380 g/mol. The van der Waals surface area contributed by atoms with Crippen LogP contribution in [0.15, 0.2) is 28.8 Å². The van der Waals surface area contributed by atoms with Crippen LogP contribution in [0.4, 0.5) is 8.78 Å². The zero-order valence-corrected chi connectivity index (χ0v) is 15.7. The van der Waals surface area contributed by atoms with E-state index >= 15 is 0 Å². The molecule has 0 N–H and O–H groups in total. The summed E-state index contributed by atoms with van der Waals surface area (Å²) in [4.78, 5) is 29.2. The van der Waals surface area contributed by atoms with Crippen LogP contribution in [0.3, 0.4) is 0 Å². The minimum Gasteiger partial charge on any atom is -0.459 e. The first-order valence-electron chi connectivity index (χ1n) is 8.41. The number of halogens is 2. The molecule has 0 radical (unpaired) electrons. The van der Waals surface area contributed by atoms with Gasteiger partial charge in [-0.05, 0) is 32.9 Å². The van der Waals surface area contributed by atoms with Gasteiger partial charge in [0, 0.05) is 26.0 Å². The van der Waals surface area contributed by atoms with Crippen LogP contribution in [0.2, 0.25) is 0 Å². The molecule has 0 aliphatic heterocycles. The molecule has 0 saturated heterocycles. The summed E-state index contributed by atoms with van der Waals surface area (Å²) in [5.74, 6) is -1.83. The standard InChI is InChI=1S/C19H22F2N2O4/c1-19(2,3)27-18(25)11-23(4)17(24)8-7-16-22-10-15(26-16)13-6-5-12(20)9-14(13)21/h5-6,9-10H,7-8,11H2,1-4H3. The third kappa shape index (κ3) is 6.16. The molecule has 0 unspecified atom stereocenters. The van der Waals surface area contributed by atoms with E-state index in [1.165, 1.54) is 24.2 Å². The van der Waals surface area contributed by atoms with Gasteiger partial charge in [0.15, 0.2) is 11.7 Å². The quantitative estimate of drug-likeness (QED) is 0.719. The molecule has 1 heterocycles. The summed E-state index contributed by atoms with van der Waals surface area (Å²) in [5.41, 5.74) is -0.533. The summed E-state index contributed by atoms with van der Waals surface area (Å²) in [6.45, 7) is 5.08. The third-order valence-electron chi connectivity index (χ3n) is 3.51. The first-order valence-corrected chi connectivity index (χ1v) is 8.41. The molecule has 1 amide bonds. The van der Waals surface area contributed by atoms with Crippen molar-refractivity contribution >= 4 is 11.9 Å². The van der Waals surface area contributed by atoms with E-state index in [0.29, 0.717) is 0 Å². The minimum atomic E-state index is -0.758. The van der Waals surface area contributed by atoms with Crippen molar-refractivity contribution in [1.29, 1.82) is 0 Å². The molecule has 1 aromatic carbocycles. The van der Waals surface area contributed by atoms with Gasteiger partial charge in [-0.1, -0.05) is 0 Å². The number of aromatic nitrogens is 1. The van der Waals surface area contributed by atoms with E-state index in [4.69, 9.17) is 9.15 Å². The van der Waals surface area contributed by atoms with Crippen molar-refractivity contribution in [2.24, 2.45) is 0 Å². The maximum Gasteiger partial charge on any atom is 0.326 e. The fourth-order valence-electron chi connectivity index (χ4n) is 2.30. The van der Waals surface area contributed by atoms with Crippen molar-refractivity contribution in [3.63, 3.8) is 0 Å². The highest BCUT2D eigenvalue weighted by atomic mass is 19.1. The number of rotatable bonds is 6. The van der Waals surface area contributed by atoms with E-state index in [9.17, 15) is 18.4 Å². The summed E-state index contributed by atoms with van der Waals surface area (Å²) in [7, 11) is 1.50. The van der Waals surface area contributed by atoms with Gasteiger partial charge in [0.05, 0.1) is 11.8 Å². The van der Waals surface area contributed by atoms with Crippen molar-refractivity contribution < 1.29 is 27.5 Å². The summed E-state index contributed by atoms with van der Waals surface area (Å²) in [6.07, 6.45) is 1.56. The highest BCUT2D eigenvalue weighted by molar-refractivity contribution is 5.82. The SMILES string of the molecule is CN(CC(=O)OC(C)(C)C)C(=O)CCc1ncc(-c2ccc(F)cc2F)o1. The molecular weight excluding hydrogens is 358 g/mol. The fourth-order valence-corrected chi connectivity index (χ4v) is 2.30. The number of carbonyl (C=O) groups excluding carboxylic acids is 2. The van der Waals surface area contributed by atoms with E-state index in [0.717, 1.165) is 12.1 Å².